The number of fused-ring (bicyclic) bond motifs is 3. The minimum Gasteiger partial charge on any atom is -0.408 e. The normalized spacial score (nSPS) is 26.7. The number of aromatic nitrogens is 3. The lowest BCUT2D eigenvalue weighted by Gasteiger charge is -2.52. The third-order valence-electron chi connectivity index (χ3n) is 10.1. The molecule has 1 aromatic carbocycles. The Morgan fingerprint density at radius 3 is 2.50 bits per heavy atom. The quantitative estimate of drug-likeness (QED) is 0.392. The van der Waals surface area contributed by atoms with Gasteiger partial charge in [-0.1, -0.05) is 17.3 Å². The fourth-order valence-electron chi connectivity index (χ4n) is 7.22. The van der Waals surface area contributed by atoms with Gasteiger partial charge in [-0.15, -0.1) is 0 Å². The summed E-state index contributed by atoms with van der Waals surface area (Å²) in [4.78, 5) is 30.6. The molecule has 1 N–H and O–H groups in total. The zero-order valence-corrected chi connectivity index (χ0v) is 23.2. The van der Waals surface area contributed by atoms with Gasteiger partial charge in [0.15, 0.2) is 11.6 Å². The molecule has 3 aromatic rings. The molecule has 0 atom stereocenters. The van der Waals surface area contributed by atoms with E-state index < -0.39 is 0 Å². The van der Waals surface area contributed by atoms with E-state index in [4.69, 9.17) is 18.7 Å². The fraction of sp³-hybridized carbons (Fsp3) is 0.613. The molecule has 0 radical (unpaired) electrons. The van der Waals surface area contributed by atoms with Gasteiger partial charge in [-0.3, -0.25) is 9.36 Å². The summed E-state index contributed by atoms with van der Waals surface area (Å²) >= 11 is 0. The van der Waals surface area contributed by atoms with Crippen molar-refractivity contribution in [2.45, 2.75) is 95.4 Å². The molecule has 40 heavy (non-hydrogen) atoms. The molecule has 1 aliphatic heterocycles. The molecule has 3 heterocycles. The van der Waals surface area contributed by atoms with Gasteiger partial charge in [0.25, 0.3) is 0 Å². The number of rotatable bonds is 8. The fourth-order valence-corrected chi connectivity index (χ4v) is 7.22. The number of oxazole rings is 1. The zero-order chi connectivity index (χ0) is 27.3. The monoisotopic (exact) mass is 546 g/mol. The summed E-state index contributed by atoms with van der Waals surface area (Å²) in [6.07, 6.45) is 12.7. The van der Waals surface area contributed by atoms with E-state index in [-0.39, 0.29) is 28.4 Å². The summed E-state index contributed by atoms with van der Waals surface area (Å²) in [6, 6.07) is 5.96. The summed E-state index contributed by atoms with van der Waals surface area (Å²) in [5, 5.41) is 7.58. The summed E-state index contributed by atoms with van der Waals surface area (Å²) in [6.45, 7) is 3.71. The second-order valence-corrected chi connectivity index (χ2v) is 12.5. The van der Waals surface area contributed by atoms with E-state index in [0.717, 1.165) is 86.3 Å². The van der Waals surface area contributed by atoms with E-state index in [9.17, 15) is 9.59 Å². The first kappa shape index (κ1) is 25.7. The van der Waals surface area contributed by atoms with Crippen LogP contribution >= 0.6 is 0 Å². The van der Waals surface area contributed by atoms with Crippen molar-refractivity contribution in [2.75, 3.05) is 18.5 Å². The van der Waals surface area contributed by atoms with Crippen LogP contribution in [0.2, 0.25) is 0 Å². The maximum Gasteiger partial charge on any atom is 0.419 e. The number of ether oxygens (including phenoxy) is 1. The average molecular weight is 547 g/mol. The molecule has 1 saturated heterocycles. The van der Waals surface area contributed by atoms with Gasteiger partial charge in [-0.05, 0) is 94.6 Å². The van der Waals surface area contributed by atoms with Crippen molar-refractivity contribution in [2.24, 2.45) is 11.3 Å². The van der Waals surface area contributed by atoms with Crippen molar-refractivity contribution < 1.29 is 18.5 Å². The molecule has 2 bridgehead atoms. The number of nitrogens with zero attached hydrogens (tertiary/aromatic N) is 3. The highest BCUT2D eigenvalue weighted by atomic mass is 16.5. The first-order valence-electron chi connectivity index (χ1n) is 15.0. The predicted molar refractivity (Wildman–Crippen MR) is 148 cm³/mol. The Balaban J connectivity index is 1.18. The lowest BCUT2D eigenvalue weighted by molar-refractivity contribution is -0.122. The number of anilines is 1. The number of benzene rings is 1. The van der Waals surface area contributed by atoms with E-state index in [1.807, 2.05) is 25.1 Å². The van der Waals surface area contributed by atoms with Crippen LogP contribution in [-0.4, -0.2) is 33.8 Å². The van der Waals surface area contributed by atoms with E-state index in [2.05, 4.69) is 10.5 Å². The van der Waals surface area contributed by atoms with Crippen LogP contribution in [0.3, 0.4) is 0 Å². The van der Waals surface area contributed by atoms with Crippen molar-refractivity contribution >= 4 is 11.6 Å². The summed E-state index contributed by atoms with van der Waals surface area (Å²) in [5.74, 6) is 2.42. The minimum atomic E-state index is -0.358. The van der Waals surface area contributed by atoms with Gasteiger partial charge < -0.3 is 19.0 Å². The van der Waals surface area contributed by atoms with E-state index in [1.54, 1.807) is 10.8 Å². The van der Waals surface area contributed by atoms with E-state index in [1.165, 1.54) is 12.8 Å². The van der Waals surface area contributed by atoms with E-state index in [0.29, 0.717) is 31.4 Å². The molecular formula is C31H38N4O5. The molecule has 0 spiro atoms. The van der Waals surface area contributed by atoms with Gasteiger partial charge >= 0.3 is 5.76 Å². The molecule has 8 rings (SSSR count). The molecule has 9 heteroatoms. The van der Waals surface area contributed by atoms with Crippen molar-refractivity contribution in [1.82, 2.24) is 14.7 Å². The van der Waals surface area contributed by atoms with Crippen LogP contribution in [0.15, 0.2) is 38.1 Å². The highest BCUT2D eigenvalue weighted by Gasteiger charge is 2.52. The largest absolute Gasteiger partial charge is 0.419 e. The Bertz CT molecular complexity index is 1430. The summed E-state index contributed by atoms with van der Waals surface area (Å²) in [5.41, 5.74) is 2.87. The Morgan fingerprint density at radius 2 is 1.82 bits per heavy atom. The van der Waals surface area contributed by atoms with Gasteiger partial charge in [0.1, 0.15) is 0 Å². The Kier molecular flexibility index (Phi) is 6.45. The number of carbonyl (C=O) groups is 1. The van der Waals surface area contributed by atoms with Gasteiger partial charge in [-0.25, -0.2) is 4.79 Å². The van der Waals surface area contributed by atoms with Crippen molar-refractivity contribution in [3.63, 3.8) is 0 Å². The predicted octanol–water partition coefficient (Wildman–Crippen LogP) is 5.59. The second-order valence-electron chi connectivity index (χ2n) is 12.5. The molecular weight excluding hydrogens is 508 g/mol. The summed E-state index contributed by atoms with van der Waals surface area (Å²) in [7, 11) is 0. The lowest BCUT2D eigenvalue weighted by Crippen LogP contribution is -2.45. The molecule has 5 fully saturated rings. The molecule has 4 aliphatic carbocycles. The molecule has 5 aliphatic rings. The number of hydrogen-bond donors (Lipinski definition) is 1. The number of aryl methyl sites for hydroxylation is 1. The van der Waals surface area contributed by atoms with Crippen LogP contribution in [0, 0.1) is 11.3 Å². The van der Waals surface area contributed by atoms with Crippen molar-refractivity contribution in [3.8, 4) is 11.3 Å². The lowest BCUT2D eigenvalue weighted by atomic mass is 9.52. The van der Waals surface area contributed by atoms with Crippen molar-refractivity contribution in [1.29, 1.82) is 0 Å². The standard InChI is InChI=1S/C31H38N4O5/c1-2-35-19-25(39-29(35)37)22-4-3-5-24(32-27(36)21-8-16-38-17-9-21)23(22)18-30-10-13-31(14-11-30,15-12-30)28-33-26(34-40-28)20-6-7-20/h3-5,19-21H,2,6-18H2,1H3,(H,32,36). The molecule has 4 saturated carbocycles. The van der Waals surface area contributed by atoms with Gasteiger partial charge in [0, 0.05) is 48.3 Å². The first-order chi connectivity index (χ1) is 19.5. The van der Waals surface area contributed by atoms with Crippen LogP contribution in [0.4, 0.5) is 5.69 Å². The zero-order valence-electron chi connectivity index (χ0n) is 23.2. The van der Waals surface area contributed by atoms with Crippen LogP contribution in [0.1, 0.15) is 94.3 Å². The Labute approximate surface area is 233 Å². The Hall–Kier alpha value is -3.20. The van der Waals surface area contributed by atoms with Crippen LogP contribution in [0.5, 0.6) is 0 Å². The second kappa shape index (κ2) is 10.0. The molecule has 9 nitrogen and oxygen atoms in total. The number of carbonyl (C=O) groups excluding carboxylic acids is 1. The van der Waals surface area contributed by atoms with Crippen LogP contribution in [0.25, 0.3) is 11.3 Å². The smallest absolute Gasteiger partial charge is 0.408 e. The number of amides is 1. The van der Waals surface area contributed by atoms with Gasteiger partial charge in [0.2, 0.25) is 11.8 Å². The topological polar surface area (TPSA) is 112 Å². The molecule has 212 valence electrons. The SMILES string of the molecule is CCn1cc(-c2cccc(NC(=O)C3CCOCC3)c2CC23CCC(c4nc(C5CC5)no4)(CC2)CC3)oc1=O. The number of nitrogens with one attached hydrogen (secondary N) is 1. The minimum absolute atomic E-state index is 0.00730. The first-order valence-corrected chi connectivity index (χ1v) is 15.0. The third kappa shape index (κ3) is 4.62. The third-order valence-corrected chi connectivity index (χ3v) is 10.1. The van der Waals surface area contributed by atoms with Crippen molar-refractivity contribution in [3.05, 3.63) is 52.2 Å². The molecule has 0 unspecified atom stereocenters. The summed E-state index contributed by atoms with van der Waals surface area (Å²) < 4.78 is 18.6. The maximum atomic E-state index is 13.3. The van der Waals surface area contributed by atoms with E-state index >= 15 is 0 Å². The molecule has 2 aromatic heterocycles. The maximum absolute atomic E-state index is 13.3. The highest BCUT2D eigenvalue weighted by molar-refractivity contribution is 5.94. The molecule has 1 amide bonds. The van der Waals surface area contributed by atoms with Gasteiger partial charge in [-0.2, -0.15) is 4.98 Å². The highest BCUT2D eigenvalue weighted by Crippen LogP contribution is 2.59. The van der Waals surface area contributed by atoms with Crippen LogP contribution in [-0.2, 0) is 27.9 Å². The average Bonchev–Trinajstić information content (AvgIpc) is 3.59. The number of hydrogen-bond acceptors (Lipinski definition) is 7. The van der Waals surface area contributed by atoms with Crippen LogP contribution < -0.4 is 11.1 Å². The van der Waals surface area contributed by atoms with Gasteiger partial charge in [0.05, 0.1) is 6.20 Å². The Morgan fingerprint density at radius 1 is 1.07 bits per heavy atom.